The van der Waals surface area contributed by atoms with E-state index in [1.165, 1.54) is 19.1 Å². The standard InChI is InChI=1S/C15H15ClFN3O2/c1-8-14(18-15(22)10(3)21)9(2)20(19-8)7-11-4-5-12(17)6-13(11)16/h4-6H,7H2,1-3H3,(H,18,22). The number of amides is 1. The largest absolute Gasteiger partial charge is 0.316 e. The Kier molecular flexibility index (Phi) is 4.61. The van der Waals surface area contributed by atoms with E-state index in [0.29, 0.717) is 34.2 Å². The van der Waals surface area contributed by atoms with Crippen molar-refractivity contribution < 1.29 is 14.0 Å². The molecule has 0 bridgehead atoms. The van der Waals surface area contributed by atoms with Crippen LogP contribution in [0.15, 0.2) is 18.2 Å². The molecule has 0 aliphatic carbocycles. The molecule has 1 heterocycles. The highest BCUT2D eigenvalue weighted by molar-refractivity contribution is 6.39. The Balaban J connectivity index is 2.30. The zero-order valence-corrected chi connectivity index (χ0v) is 13.2. The summed E-state index contributed by atoms with van der Waals surface area (Å²) in [7, 11) is 0. The van der Waals surface area contributed by atoms with Gasteiger partial charge in [0, 0.05) is 11.9 Å². The number of benzene rings is 1. The summed E-state index contributed by atoms with van der Waals surface area (Å²) in [4.78, 5) is 22.6. The number of nitrogens with zero attached hydrogens (tertiary/aromatic N) is 2. The van der Waals surface area contributed by atoms with Crippen molar-refractivity contribution in [2.75, 3.05) is 5.32 Å². The lowest BCUT2D eigenvalue weighted by atomic mass is 10.2. The molecule has 5 nitrogen and oxygen atoms in total. The second-order valence-electron chi connectivity index (χ2n) is 4.95. The molecule has 116 valence electrons. The van der Waals surface area contributed by atoms with Crippen molar-refractivity contribution in [3.05, 3.63) is 46.0 Å². The summed E-state index contributed by atoms with van der Waals surface area (Å²) >= 11 is 6.01. The normalized spacial score (nSPS) is 10.6. The van der Waals surface area contributed by atoms with Gasteiger partial charge < -0.3 is 5.32 Å². The maximum atomic E-state index is 13.1. The SMILES string of the molecule is CC(=O)C(=O)Nc1c(C)nn(Cc2ccc(F)cc2Cl)c1C. The highest BCUT2D eigenvalue weighted by atomic mass is 35.5. The molecule has 0 fully saturated rings. The van der Waals surface area contributed by atoms with Crippen LogP contribution < -0.4 is 5.32 Å². The smallest absolute Gasteiger partial charge is 0.291 e. The number of aryl methyl sites for hydroxylation is 1. The average molecular weight is 324 g/mol. The van der Waals surface area contributed by atoms with Gasteiger partial charge in [-0.2, -0.15) is 5.10 Å². The number of halogens is 2. The summed E-state index contributed by atoms with van der Waals surface area (Å²) in [6, 6.07) is 4.15. The molecule has 1 amide bonds. The lowest BCUT2D eigenvalue weighted by Crippen LogP contribution is -2.20. The van der Waals surface area contributed by atoms with Crippen LogP contribution in [0.2, 0.25) is 5.02 Å². The zero-order valence-electron chi connectivity index (χ0n) is 12.4. The van der Waals surface area contributed by atoms with Gasteiger partial charge in [0.15, 0.2) is 0 Å². The molecule has 1 aromatic heterocycles. The predicted molar refractivity (Wildman–Crippen MR) is 81.5 cm³/mol. The molecular weight excluding hydrogens is 309 g/mol. The van der Waals surface area contributed by atoms with E-state index in [-0.39, 0.29) is 0 Å². The molecule has 0 unspecified atom stereocenters. The highest BCUT2D eigenvalue weighted by Crippen LogP contribution is 2.23. The number of anilines is 1. The van der Waals surface area contributed by atoms with E-state index < -0.39 is 17.5 Å². The first kappa shape index (κ1) is 16.2. The molecule has 2 rings (SSSR count). The Morgan fingerprint density at radius 2 is 2.05 bits per heavy atom. The quantitative estimate of drug-likeness (QED) is 0.880. The fraction of sp³-hybridized carbons (Fsp3) is 0.267. The van der Waals surface area contributed by atoms with Crippen molar-refractivity contribution in [3.8, 4) is 0 Å². The molecule has 1 N–H and O–H groups in total. The third-order valence-corrected chi connectivity index (χ3v) is 3.63. The molecule has 2 aromatic rings. The second kappa shape index (κ2) is 6.27. The minimum Gasteiger partial charge on any atom is -0.316 e. The minimum absolute atomic E-state index is 0.307. The average Bonchev–Trinajstić information content (AvgIpc) is 2.69. The van der Waals surface area contributed by atoms with Crippen molar-refractivity contribution in [2.45, 2.75) is 27.3 Å². The number of hydrogen-bond donors (Lipinski definition) is 1. The van der Waals surface area contributed by atoms with Crippen LogP contribution in [0.5, 0.6) is 0 Å². The number of ketones is 1. The van der Waals surface area contributed by atoms with Gasteiger partial charge in [-0.25, -0.2) is 4.39 Å². The van der Waals surface area contributed by atoms with Crippen molar-refractivity contribution >= 4 is 29.0 Å². The van der Waals surface area contributed by atoms with Crippen LogP contribution in [0.3, 0.4) is 0 Å². The lowest BCUT2D eigenvalue weighted by Gasteiger charge is -2.08. The summed E-state index contributed by atoms with van der Waals surface area (Å²) in [5.74, 6) is -1.67. The summed E-state index contributed by atoms with van der Waals surface area (Å²) in [6.45, 7) is 5.03. The molecule has 0 saturated heterocycles. The maximum Gasteiger partial charge on any atom is 0.291 e. The second-order valence-corrected chi connectivity index (χ2v) is 5.36. The number of aromatic nitrogens is 2. The Morgan fingerprint density at radius 3 is 2.64 bits per heavy atom. The van der Waals surface area contributed by atoms with Crippen molar-refractivity contribution in [1.82, 2.24) is 9.78 Å². The van der Waals surface area contributed by atoms with E-state index in [1.54, 1.807) is 24.6 Å². The van der Waals surface area contributed by atoms with Crippen LogP contribution in [0.1, 0.15) is 23.9 Å². The highest BCUT2D eigenvalue weighted by Gasteiger charge is 2.17. The van der Waals surface area contributed by atoms with Crippen LogP contribution in [0.25, 0.3) is 0 Å². The molecule has 0 aliphatic rings. The Hall–Kier alpha value is -2.21. The van der Waals surface area contributed by atoms with Crippen molar-refractivity contribution in [3.63, 3.8) is 0 Å². The van der Waals surface area contributed by atoms with E-state index in [4.69, 9.17) is 11.6 Å². The summed E-state index contributed by atoms with van der Waals surface area (Å²) in [5.41, 5.74) is 2.48. The molecule has 0 spiro atoms. The molecule has 1 aromatic carbocycles. The first-order valence-corrected chi connectivity index (χ1v) is 6.97. The first-order chi connectivity index (χ1) is 10.3. The van der Waals surface area contributed by atoms with Crippen molar-refractivity contribution in [1.29, 1.82) is 0 Å². The third-order valence-electron chi connectivity index (χ3n) is 3.28. The maximum absolute atomic E-state index is 13.1. The van der Waals surface area contributed by atoms with Crippen LogP contribution in [0, 0.1) is 19.7 Å². The van der Waals surface area contributed by atoms with Gasteiger partial charge in [-0.05, 0) is 31.5 Å². The predicted octanol–water partition coefficient (Wildman–Crippen LogP) is 2.87. The minimum atomic E-state index is -0.689. The topological polar surface area (TPSA) is 64.0 Å². The fourth-order valence-corrected chi connectivity index (χ4v) is 2.27. The van der Waals surface area contributed by atoms with Gasteiger partial charge in [0.05, 0.1) is 23.6 Å². The number of carbonyl (C=O) groups excluding carboxylic acids is 2. The van der Waals surface area contributed by atoms with E-state index in [1.807, 2.05) is 0 Å². The monoisotopic (exact) mass is 323 g/mol. The van der Waals surface area contributed by atoms with E-state index >= 15 is 0 Å². The van der Waals surface area contributed by atoms with Gasteiger partial charge in [0.2, 0.25) is 5.78 Å². The van der Waals surface area contributed by atoms with E-state index in [0.717, 1.165) is 0 Å². The van der Waals surface area contributed by atoms with Gasteiger partial charge in [0.1, 0.15) is 5.82 Å². The molecule has 0 aliphatic heterocycles. The fourth-order valence-electron chi connectivity index (χ4n) is 2.04. The van der Waals surface area contributed by atoms with E-state index in [9.17, 15) is 14.0 Å². The van der Waals surface area contributed by atoms with Crippen LogP contribution >= 0.6 is 11.6 Å². The number of hydrogen-bond acceptors (Lipinski definition) is 3. The molecular formula is C15H15ClFN3O2. The molecule has 0 radical (unpaired) electrons. The Labute approximate surface area is 132 Å². The Bertz CT molecular complexity index is 755. The third kappa shape index (κ3) is 3.33. The van der Waals surface area contributed by atoms with E-state index in [2.05, 4.69) is 10.4 Å². The molecule has 0 atom stereocenters. The van der Waals surface area contributed by atoms with Gasteiger partial charge in [-0.15, -0.1) is 0 Å². The number of carbonyl (C=O) groups is 2. The molecule has 7 heteroatoms. The molecule has 0 saturated carbocycles. The molecule has 22 heavy (non-hydrogen) atoms. The summed E-state index contributed by atoms with van der Waals surface area (Å²) < 4.78 is 14.7. The van der Waals surface area contributed by atoms with Crippen LogP contribution in [0.4, 0.5) is 10.1 Å². The van der Waals surface area contributed by atoms with Gasteiger partial charge in [0.25, 0.3) is 5.91 Å². The first-order valence-electron chi connectivity index (χ1n) is 6.59. The van der Waals surface area contributed by atoms with Crippen LogP contribution in [-0.4, -0.2) is 21.5 Å². The Morgan fingerprint density at radius 1 is 1.36 bits per heavy atom. The van der Waals surface area contributed by atoms with Crippen LogP contribution in [-0.2, 0) is 16.1 Å². The summed E-state index contributed by atoms with van der Waals surface area (Å²) in [5, 5.41) is 7.17. The van der Waals surface area contributed by atoms with Crippen molar-refractivity contribution in [2.24, 2.45) is 0 Å². The van der Waals surface area contributed by atoms with Gasteiger partial charge in [-0.3, -0.25) is 14.3 Å². The number of Topliss-reactive ketones (excluding diaryl/α,β-unsaturated/α-hetero) is 1. The van der Waals surface area contributed by atoms with Gasteiger partial charge >= 0.3 is 0 Å². The van der Waals surface area contributed by atoms with Gasteiger partial charge in [-0.1, -0.05) is 17.7 Å². The zero-order chi connectivity index (χ0) is 16.4. The number of rotatable bonds is 4. The summed E-state index contributed by atoms with van der Waals surface area (Å²) in [6.07, 6.45) is 0. The number of nitrogens with one attached hydrogen (secondary N) is 1. The lowest BCUT2D eigenvalue weighted by molar-refractivity contribution is -0.133.